The highest BCUT2D eigenvalue weighted by atomic mass is 32.1. The number of thiazole rings is 1. The Hall–Kier alpha value is -2.35. The second kappa shape index (κ2) is 5.09. The van der Waals surface area contributed by atoms with Gasteiger partial charge in [-0.15, -0.1) is 0 Å². The summed E-state index contributed by atoms with van der Waals surface area (Å²) in [6.45, 7) is 5.10. The normalized spacial score (nSPS) is 20.4. The molecule has 1 N–H and O–H groups in total. The van der Waals surface area contributed by atoms with Gasteiger partial charge in [0, 0.05) is 13.5 Å². The van der Waals surface area contributed by atoms with Crippen molar-refractivity contribution in [2.45, 2.75) is 19.9 Å². The zero-order valence-corrected chi connectivity index (χ0v) is 13.6. The number of hydrogen-bond donors (Lipinski definition) is 1. The van der Waals surface area contributed by atoms with Crippen LogP contribution in [0.2, 0.25) is 0 Å². The Morgan fingerprint density at radius 1 is 1.48 bits per heavy atom. The summed E-state index contributed by atoms with van der Waals surface area (Å²) in [4.78, 5) is 32.0. The molecule has 2 aromatic rings. The molecule has 23 heavy (non-hydrogen) atoms. The van der Waals surface area contributed by atoms with Crippen molar-refractivity contribution < 1.29 is 14.3 Å². The molecule has 1 atom stereocenters. The van der Waals surface area contributed by atoms with E-state index in [-0.39, 0.29) is 18.0 Å². The quantitative estimate of drug-likeness (QED) is 0.866. The fourth-order valence-electron chi connectivity index (χ4n) is 2.99. The highest BCUT2D eigenvalue weighted by Crippen LogP contribution is 2.42. The predicted octanol–water partition coefficient (Wildman–Crippen LogP) is 1.96. The van der Waals surface area contributed by atoms with Gasteiger partial charge in [-0.3, -0.25) is 9.69 Å². The van der Waals surface area contributed by atoms with Crippen LogP contribution in [-0.2, 0) is 4.79 Å². The van der Waals surface area contributed by atoms with E-state index in [1.54, 1.807) is 9.80 Å². The molecule has 1 fully saturated rings. The molecule has 1 aromatic carbocycles. The van der Waals surface area contributed by atoms with Gasteiger partial charge in [0.1, 0.15) is 23.6 Å². The average Bonchev–Trinajstić information content (AvgIpc) is 3.09. The maximum Gasteiger partial charge on any atom is 0.324 e. The second-order valence-electron chi connectivity index (χ2n) is 5.68. The Morgan fingerprint density at radius 3 is 3.00 bits per heavy atom. The smallest absolute Gasteiger partial charge is 0.324 e. The van der Waals surface area contributed by atoms with Crippen LogP contribution >= 0.6 is 11.3 Å². The summed E-state index contributed by atoms with van der Waals surface area (Å²) in [6, 6.07) is 3.71. The monoisotopic (exact) mass is 332 g/mol. The van der Waals surface area contributed by atoms with Crippen LogP contribution in [0.4, 0.5) is 15.6 Å². The van der Waals surface area contributed by atoms with Gasteiger partial charge in [-0.2, -0.15) is 0 Å². The number of carbonyl (C=O) groups is 2. The standard InChI is InChI=1S/C15H16N4O3S/c1-8-7-16-14(21)19(8)15-17-12-11(23-15)4-3-10-13(12)18(9(2)20)5-6-22-10/h3-4,8H,5-7H2,1-2H3,(H,16,21). The summed E-state index contributed by atoms with van der Waals surface area (Å²) in [7, 11) is 0. The van der Waals surface area contributed by atoms with E-state index >= 15 is 0 Å². The van der Waals surface area contributed by atoms with Crippen LogP contribution in [0.1, 0.15) is 13.8 Å². The van der Waals surface area contributed by atoms with Crippen LogP contribution in [-0.4, -0.2) is 42.7 Å². The van der Waals surface area contributed by atoms with E-state index in [1.807, 2.05) is 19.1 Å². The van der Waals surface area contributed by atoms with Crippen molar-refractivity contribution in [3.05, 3.63) is 12.1 Å². The van der Waals surface area contributed by atoms with Crippen molar-refractivity contribution in [1.82, 2.24) is 10.3 Å². The Morgan fingerprint density at radius 2 is 2.30 bits per heavy atom. The van der Waals surface area contributed by atoms with Gasteiger partial charge in [-0.25, -0.2) is 9.78 Å². The summed E-state index contributed by atoms with van der Waals surface area (Å²) in [5.41, 5.74) is 1.42. The third-order valence-electron chi connectivity index (χ3n) is 4.12. The van der Waals surface area contributed by atoms with E-state index < -0.39 is 0 Å². The molecule has 3 amide bonds. The average molecular weight is 332 g/mol. The first-order chi connectivity index (χ1) is 11.1. The molecule has 7 nitrogen and oxygen atoms in total. The molecule has 2 aliphatic rings. The minimum absolute atomic E-state index is 0.0381. The number of fused-ring (bicyclic) bond motifs is 3. The Bertz CT molecular complexity index is 818. The van der Waals surface area contributed by atoms with Gasteiger partial charge < -0.3 is 15.0 Å². The number of carbonyl (C=O) groups excluding carboxylic acids is 2. The number of nitrogens with zero attached hydrogens (tertiary/aromatic N) is 3. The minimum Gasteiger partial charge on any atom is -0.489 e. The number of anilines is 2. The van der Waals surface area contributed by atoms with Crippen molar-refractivity contribution in [1.29, 1.82) is 0 Å². The molecule has 0 saturated carbocycles. The first-order valence-electron chi connectivity index (χ1n) is 7.48. The molecule has 1 unspecified atom stereocenters. The number of rotatable bonds is 1. The van der Waals surface area contributed by atoms with Crippen LogP contribution in [0.25, 0.3) is 10.2 Å². The van der Waals surface area contributed by atoms with Gasteiger partial charge in [0.05, 0.1) is 17.3 Å². The number of ether oxygens (including phenoxy) is 1. The summed E-state index contributed by atoms with van der Waals surface area (Å²) in [6.07, 6.45) is 0. The number of aromatic nitrogens is 1. The lowest BCUT2D eigenvalue weighted by Crippen LogP contribution is -2.36. The van der Waals surface area contributed by atoms with E-state index in [0.29, 0.717) is 41.8 Å². The third-order valence-corrected chi connectivity index (χ3v) is 5.14. The zero-order chi connectivity index (χ0) is 16.1. The lowest BCUT2D eigenvalue weighted by atomic mass is 10.2. The summed E-state index contributed by atoms with van der Waals surface area (Å²) in [5, 5.41) is 3.46. The van der Waals surface area contributed by atoms with Gasteiger partial charge >= 0.3 is 6.03 Å². The van der Waals surface area contributed by atoms with E-state index in [2.05, 4.69) is 10.3 Å². The number of nitrogens with one attached hydrogen (secondary N) is 1. The maximum absolute atomic E-state index is 12.0. The lowest BCUT2D eigenvalue weighted by molar-refractivity contribution is -0.116. The second-order valence-corrected chi connectivity index (χ2v) is 6.69. The summed E-state index contributed by atoms with van der Waals surface area (Å²) in [5.74, 6) is 0.624. The molecule has 0 radical (unpaired) electrons. The van der Waals surface area contributed by atoms with Crippen molar-refractivity contribution in [2.24, 2.45) is 0 Å². The first kappa shape index (κ1) is 14.3. The summed E-state index contributed by atoms with van der Waals surface area (Å²) < 4.78 is 6.60. The molecule has 1 aromatic heterocycles. The molecule has 0 aliphatic carbocycles. The first-order valence-corrected chi connectivity index (χ1v) is 8.29. The van der Waals surface area contributed by atoms with E-state index in [0.717, 1.165) is 4.70 Å². The number of hydrogen-bond acceptors (Lipinski definition) is 5. The maximum atomic E-state index is 12.0. The van der Waals surface area contributed by atoms with E-state index in [9.17, 15) is 9.59 Å². The SMILES string of the molecule is CC(=O)N1CCOc2ccc3sc(N4C(=O)NCC4C)nc3c21. The topological polar surface area (TPSA) is 74.8 Å². The van der Waals surface area contributed by atoms with E-state index in [4.69, 9.17) is 4.74 Å². The highest BCUT2D eigenvalue weighted by molar-refractivity contribution is 7.22. The zero-order valence-electron chi connectivity index (χ0n) is 12.8. The molecule has 4 rings (SSSR count). The fourth-order valence-corrected chi connectivity index (χ4v) is 4.06. The van der Waals surface area contributed by atoms with Gasteiger partial charge in [0.15, 0.2) is 5.13 Å². The predicted molar refractivity (Wildman–Crippen MR) is 88.5 cm³/mol. The Kier molecular flexibility index (Phi) is 3.15. The van der Waals surface area contributed by atoms with E-state index in [1.165, 1.54) is 18.3 Å². The molecular weight excluding hydrogens is 316 g/mol. The molecule has 0 bridgehead atoms. The molecule has 0 spiro atoms. The summed E-state index contributed by atoms with van der Waals surface area (Å²) >= 11 is 1.45. The van der Waals surface area contributed by atoms with Gasteiger partial charge in [-0.05, 0) is 19.1 Å². The fraction of sp³-hybridized carbons (Fsp3) is 0.400. The number of amides is 3. The van der Waals surface area contributed by atoms with Crippen LogP contribution in [0, 0.1) is 0 Å². The van der Waals surface area contributed by atoms with Crippen LogP contribution in [0.15, 0.2) is 12.1 Å². The molecule has 1 saturated heterocycles. The van der Waals surface area contributed by atoms with Crippen molar-refractivity contribution in [3.8, 4) is 5.75 Å². The lowest BCUT2D eigenvalue weighted by Gasteiger charge is -2.28. The van der Waals surface area contributed by atoms with Crippen LogP contribution < -0.4 is 19.9 Å². The van der Waals surface area contributed by atoms with Crippen LogP contribution in [0.3, 0.4) is 0 Å². The molecule has 120 valence electrons. The number of urea groups is 1. The Labute approximate surface area is 136 Å². The van der Waals surface area contributed by atoms with Gasteiger partial charge in [0.2, 0.25) is 5.91 Å². The van der Waals surface area contributed by atoms with Crippen molar-refractivity contribution in [3.63, 3.8) is 0 Å². The molecule has 2 aliphatic heterocycles. The minimum atomic E-state index is -0.134. The molecule has 8 heteroatoms. The van der Waals surface area contributed by atoms with Gasteiger partial charge in [-0.1, -0.05) is 11.3 Å². The third kappa shape index (κ3) is 2.13. The Balaban J connectivity index is 1.88. The number of benzene rings is 1. The molecular formula is C15H16N4O3S. The highest BCUT2D eigenvalue weighted by Gasteiger charge is 2.32. The largest absolute Gasteiger partial charge is 0.489 e. The van der Waals surface area contributed by atoms with Gasteiger partial charge in [0.25, 0.3) is 0 Å². The van der Waals surface area contributed by atoms with Crippen LogP contribution in [0.5, 0.6) is 5.75 Å². The van der Waals surface area contributed by atoms with Crippen molar-refractivity contribution >= 4 is 44.3 Å². The van der Waals surface area contributed by atoms with Crippen molar-refractivity contribution in [2.75, 3.05) is 29.5 Å². The molecule has 3 heterocycles.